The third-order valence-corrected chi connectivity index (χ3v) is 5.24. The van der Waals surface area contributed by atoms with E-state index in [4.69, 9.17) is 10.5 Å². The second-order valence-electron chi connectivity index (χ2n) is 6.15. The lowest BCUT2D eigenvalue weighted by Gasteiger charge is -2.52. The Morgan fingerprint density at radius 3 is 2.76 bits per heavy atom. The maximum absolute atomic E-state index is 6.11. The van der Waals surface area contributed by atoms with Gasteiger partial charge in [-0.15, -0.1) is 0 Å². The molecule has 2 heterocycles. The lowest BCUT2D eigenvalue weighted by Crippen LogP contribution is -2.65. The Morgan fingerprint density at radius 1 is 1.47 bits per heavy atom. The molecule has 0 aromatic rings. The van der Waals surface area contributed by atoms with Crippen LogP contribution in [0.3, 0.4) is 0 Å². The molecule has 2 saturated heterocycles. The van der Waals surface area contributed by atoms with E-state index in [9.17, 15) is 0 Å². The van der Waals surface area contributed by atoms with Gasteiger partial charge in [-0.25, -0.2) is 0 Å². The van der Waals surface area contributed by atoms with E-state index in [1.54, 1.807) is 0 Å². The van der Waals surface area contributed by atoms with E-state index in [0.717, 1.165) is 19.6 Å². The minimum Gasteiger partial charge on any atom is -0.370 e. The number of nitrogens with two attached hydrogens (primary N) is 1. The second-order valence-corrected chi connectivity index (χ2v) is 7.26. The van der Waals surface area contributed by atoms with Crippen LogP contribution in [-0.4, -0.2) is 53.3 Å². The SMILES string of the molecule is CC1CN(C2(CN)CCCSC2)CC(C)(C)O1. The van der Waals surface area contributed by atoms with Crippen LogP contribution in [0.4, 0.5) is 0 Å². The number of rotatable bonds is 2. The zero-order chi connectivity index (χ0) is 12.5. The summed E-state index contributed by atoms with van der Waals surface area (Å²) in [5.74, 6) is 2.48. The highest BCUT2D eigenvalue weighted by Gasteiger charge is 2.43. The predicted octanol–water partition coefficient (Wildman–Crippen LogP) is 1.71. The Balaban J connectivity index is 2.13. The Kier molecular flexibility index (Phi) is 4.08. The molecule has 2 aliphatic heterocycles. The average Bonchev–Trinajstić information content (AvgIpc) is 2.27. The predicted molar refractivity (Wildman–Crippen MR) is 74.5 cm³/mol. The first-order valence-electron chi connectivity index (χ1n) is 6.68. The van der Waals surface area contributed by atoms with Crippen molar-refractivity contribution in [3.8, 4) is 0 Å². The smallest absolute Gasteiger partial charge is 0.0757 e. The molecule has 0 bridgehead atoms. The van der Waals surface area contributed by atoms with Gasteiger partial charge in [0.15, 0.2) is 0 Å². The van der Waals surface area contributed by atoms with Crippen LogP contribution in [0, 0.1) is 0 Å². The zero-order valence-corrected chi connectivity index (χ0v) is 12.2. The summed E-state index contributed by atoms with van der Waals surface area (Å²) in [4.78, 5) is 2.60. The van der Waals surface area contributed by atoms with Crippen LogP contribution < -0.4 is 5.73 Å². The van der Waals surface area contributed by atoms with Crippen molar-refractivity contribution < 1.29 is 4.74 Å². The molecular formula is C13H26N2OS. The molecule has 0 radical (unpaired) electrons. The molecular weight excluding hydrogens is 232 g/mol. The third kappa shape index (κ3) is 2.98. The normalized spacial score (nSPS) is 39.2. The molecule has 0 spiro atoms. The molecule has 17 heavy (non-hydrogen) atoms. The standard InChI is InChI=1S/C13H26N2OS/c1-11-7-15(9-12(2,3)16-11)13(8-14)5-4-6-17-10-13/h11H,4-10,14H2,1-3H3. The molecule has 2 rings (SSSR count). The molecule has 2 fully saturated rings. The summed E-state index contributed by atoms with van der Waals surface area (Å²) in [7, 11) is 0. The highest BCUT2D eigenvalue weighted by molar-refractivity contribution is 7.99. The molecule has 0 saturated carbocycles. The van der Waals surface area contributed by atoms with Gasteiger partial charge in [0.05, 0.1) is 11.7 Å². The summed E-state index contributed by atoms with van der Waals surface area (Å²) >= 11 is 2.06. The van der Waals surface area contributed by atoms with Gasteiger partial charge in [0.25, 0.3) is 0 Å². The van der Waals surface area contributed by atoms with Crippen molar-refractivity contribution in [1.29, 1.82) is 0 Å². The van der Waals surface area contributed by atoms with Gasteiger partial charge >= 0.3 is 0 Å². The summed E-state index contributed by atoms with van der Waals surface area (Å²) in [6.07, 6.45) is 2.86. The van der Waals surface area contributed by atoms with Crippen LogP contribution in [0.2, 0.25) is 0 Å². The fourth-order valence-electron chi connectivity index (χ4n) is 3.19. The molecule has 2 unspecified atom stereocenters. The quantitative estimate of drug-likeness (QED) is 0.818. The Labute approximate surface area is 109 Å². The maximum atomic E-state index is 6.11. The van der Waals surface area contributed by atoms with Gasteiger partial charge < -0.3 is 10.5 Å². The van der Waals surface area contributed by atoms with Gasteiger partial charge in [0.2, 0.25) is 0 Å². The third-order valence-electron chi connectivity index (χ3n) is 3.92. The molecule has 0 aliphatic carbocycles. The summed E-state index contributed by atoms with van der Waals surface area (Å²) in [5.41, 5.74) is 6.29. The molecule has 3 nitrogen and oxygen atoms in total. The summed E-state index contributed by atoms with van der Waals surface area (Å²) in [6, 6.07) is 0. The highest BCUT2D eigenvalue weighted by atomic mass is 32.2. The van der Waals surface area contributed by atoms with Crippen molar-refractivity contribution in [2.75, 3.05) is 31.1 Å². The van der Waals surface area contributed by atoms with Crippen molar-refractivity contribution >= 4 is 11.8 Å². The first kappa shape index (κ1) is 13.7. The molecule has 4 heteroatoms. The molecule has 0 aromatic heterocycles. The van der Waals surface area contributed by atoms with Gasteiger partial charge in [-0.3, -0.25) is 4.90 Å². The molecule has 2 N–H and O–H groups in total. The molecule has 0 aromatic carbocycles. The van der Waals surface area contributed by atoms with E-state index >= 15 is 0 Å². The van der Waals surface area contributed by atoms with Crippen LogP contribution in [0.5, 0.6) is 0 Å². The fraction of sp³-hybridized carbons (Fsp3) is 1.00. The van der Waals surface area contributed by atoms with Crippen LogP contribution in [0.1, 0.15) is 33.6 Å². The van der Waals surface area contributed by atoms with Crippen molar-refractivity contribution in [2.45, 2.75) is 50.9 Å². The van der Waals surface area contributed by atoms with Crippen LogP contribution in [0.25, 0.3) is 0 Å². The summed E-state index contributed by atoms with van der Waals surface area (Å²) in [5, 5.41) is 0. The fourth-order valence-corrected chi connectivity index (χ4v) is 4.51. The van der Waals surface area contributed by atoms with Crippen LogP contribution in [-0.2, 0) is 4.74 Å². The monoisotopic (exact) mass is 258 g/mol. The van der Waals surface area contributed by atoms with E-state index < -0.39 is 0 Å². The van der Waals surface area contributed by atoms with E-state index in [-0.39, 0.29) is 11.1 Å². The maximum Gasteiger partial charge on any atom is 0.0757 e. The van der Waals surface area contributed by atoms with Crippen LogP contribution in [0.15, 0.2) is 0 Å². The first-order valence-corrected chi connectivity index (χ1v) is 7.84. The van der Waals surface area contributed by atoms with E-state index in [1.165, 1.54) is 24.3 Å². The number of nitrogens with zero attached hydrogens (tertiary/aromatic N) is 1. The van der Waals surface area contributed by atoms with Crippen molar-refractivity contribution in [2.24, 2.45) is 5.73 Å². The van der Waals surface area contributed by atoms with E-state index in [0.29, 0.717) is 6.10 Å². The van der Waals surface area contributed by atoms with Gasteiger partial charge in [-0.05, 0) is 39.4 Å². The largest absolute Gasteiger partial charge is 0.370 e. The minimum atomic E-state index is -0.0397. The Bertz CT molecular complexity index is 264. The zero-order valence-electron chi connectivity index (χ0n) is 11.4. The van der Waals surface area contributed by atoms with Gasteiger partial charge in [0.1, 0.15) is 0 Å². The van der Waals surface area contributed by atoms with Crippen molar-refractivity contribution in [1.82, 2.24) is 4.90 Å². The molecule has 100 valence electrons. The lowest BCUT2D eigenvalue weighted by atomic mass is 9.90. The van der Waals surface area contributed by atoms with Crippen molar-refractivity contribution in [3.63, 3.8) is 0 Å². The number of thioether (sulfide) groups is 1. The average molecular weight is 258 g/mol. The van der Waals surface area contributed by atoms with E-state index in [2.05, 4.69) is 37.4 Å². The highest BCUT2D eigenvalue weighted by Crippen LogP contribution is 2.35. The van der Waals surface area contributed by atoms with Crippen LogP contribution >= 0.6 is 11.8 Å². The Hall–Kier alpha value is 0.230. The molecule has 0 amide bonds. The van der Waals surface area contributed by atoms with Crippen molar-refractivity contribution in [3.05, 3.63) is 0 Å². The molecule has 2 atom stereocenters. The van der Waals surface area contributed by atoms with Gasteiger partial charge in [-0.1, -0.05) is 0 Å². The number of hydrogen-bond donors (Lipinski definition) is 1. The minimum absolute atomic E-state index is 0.0397. The van der Waals surface area contributed by atoms with Gasteiger partial charge in [-0.2, -0.15) is 11.8 Å². The first-order chi connectivity index (χ1) is 7.97. The van der Waals surface area contributed by atoms with Gasteiger partial charge in [0, 0.05) is 30.9 Å². The Morgan fingerprint density at radius 2 is 2.24 bits per heavy atom. The number of hydrogen-bond acceptors (Lipinski definition) is 4. The van der Waals surface area contributed by atoms with E-state index in [1.807, 2.05) is 0 Å². The topological polar surface area (TPSA) is 38.5 Å². The lowest BCUT2D eigenvalue weighted by molar-refractivity contribution is -0.150. The second kappa shape index (κ2) is 5.08. The molecule has 2 aliphatic rings. The summed E-state index contributed by atoms with van der Waals surface area (Å²) < 4.78 is 5.99. The summed E-state index contributed by atoms with van der Waals surface area (Å²) in [6.45, 7) is 9.37. The number of ether oxygens (including phenoxy) is 1. The number of morpholine rings is 1.